The molecule has 0 spiro atoms. The summed E-state index contributed by atoms with van der Waals surface area (Å²) >= 11 is 0. The van der Waals surface area contributed by atoms with Crippen LogP contribution in [0.4, 0.5) is 5.82 Å². The molecule has 2 N–H and O–H groups in total. The van der Waals surface area contributed by atoms with Crippen molar-refractivity contribution in [1.82, 2.24) is 25.5 Å². The number of anilines is 1. The van der Waals surface area contributed by atoms with Crippen LogP contribution in [0.2, 0.25) is 0 Å². The fourth-order valence-electron chi connectivity index (χ4n) is 4.19. The van der Waals surface area contributed by atoms with E-state index in [1.807, 2.05) is 49.8 Å². The third-order valence-corrected chi connectivity index (χ3v) is 6.81. The predicted octanol–water partition coefficient (Wildman–Crippen LogP) is 5.66. The number of hydrogen-bond donors (Lipinski definition) is 2. The van der Waals surface area contributed by atoms with Crippen LogP contribution in [0, 0.1) is 6.92 Å². The van der Waals surface area contributed by atoms with Crippen LogP contribution in [0.25, 0.3) is 17.5 Å². The first-order valence-corrected chi connectivity index (χ1v) is 13.1. The number of amides is 1. The third kappa shape index (κ3) is 6.59. The largest absolute Gasteiger partial charge is 0.356 e. The second kappa shape index (κ2) is 12.0. The van der Waals surface area contributed by atoms with E-state index in [1.54, 1.807) is 0 Å². The van der Waals surface area contributed by atoms with E-state index in [-0.39, 0.29) is 5.91 Å². The van der Waals surface area contributed by atoms with Crippen LogP contribution in [0.15, 0.2) is 48.4 Å². The maximum atomic E-state index is 12.2. The highest BCUT2D eigenvalue weighted by atomic mass is 16.1. The lowest BCUT2D eigenvalue weighted by atomic mass is 10.0. The molecule has 7 heteroatoms. The first-order chi connectivity index (χ1) is 17.5. The number of nitrogens with zero attached hydrogens (tertiary/aromatic N) is 4. The molecule has 5 rings (SSSR count). The van der Waals surface area contributed by atoms with E-state index in [2.05, 4.69) is 52.2 Å². The number of aromatic nitrogens is 4. The van der Waals surface area contributed by atoms with Crippen LogP contribution in [-0.4, -0.2) is 45.2 Å². The molecule has 1 unspecified atom stereocenters. The molecule has 190 valence electrons. The zero-order valence-electron chi connectivity index (χ0n) is 21.9. The molecule has 3 heterocycles. The Kier molecular flexibility index (Phi) is 8.52. The van der Waals surface area contributed by atoms with Gasteiger partial charge in [-0.05, 0) is 68.0 Å². The molecule has 2 fully saturated rings. The summed E-state index contributed by atoms with van der Waals surface area (Å²) in [6, 6.07) is 8.51. The first kappa shape index (κ1) is 25.6. The number of aryl methyl sites for hydroxylation is 1. The first-order valence-electron chi connectivity index (χ1n) is 13.1. The monoisotopic (exact) mass is 486 g/mol. The minimum Gasteiger partial charge on any atom is -0.356 e. The molecule has 1 amide bonds. The molecule has 2 aromatic heterocycles. The number of rotatable bonds is 7. The number of hydrogen-bond acceptors (Lipinski definition) is 5. The smallest absolute Gasteiger partial charge is 0.247 e. The predicted molar refractivity (Wildman–Crippen MR) is 146 cm³/mol. The maximum absolute atomic E-state index is 12.2. The summed E-state index contributed by atoms with van der Waals surface area (Å²) < 4.78 is 0. The van der Waals surface area contributed by atoms with Crippen molar-refractivity contribution in [3.8, 4) is 11.4 Å². The van der Waals surface area contributed by atoms with Gasteiger partial charge in [-0.2, -0.15) is 5.10 Å². The van der Waals surface area contributed by atoms with Gasteiger partial charge in [0.05, 0.1) is 6.20 Å². The molecule has 36 heavy (non-hydrogen) atoms. The number of carbonyl (C=O) groups excluding carboxylic acids is 1. The molecule has 3 aromatic rings. The van der Waals surface area contributed by atoms with Crippen LogP contribution >= 0.6 is 0 Å². The number of carbonyl (C=O) groups is 1. The molecular formula is C29H38N6O. The SMILES string of the molecule is C/C(=C\c1ccc(-c2nccc(N3CCC(c4cn[nH]c4)C3)n2)cc1C)C(=O)NC1CC1.CCCC. The standard InChI is InChI=1S/C25H28N6O.C4H10/c1-16-11-19(4-3-18(16)12-17(2)25(32)29-22-5-6-22)24-26-9-7-23(30-24)31-10-8-20(15-31)21-13-27-28-14-21;1-3-4-2/h3-4,7,9,11-14,20,22H,5-6,8,10,15H2,1-2H3,(H,27,28)(H,29,32);3-4H2,1-2H3/b17-12+;. The average Bonchev–Trinajstić information content (AvgIpc) is 3.34. The van der Waals surface area contributed by atoms with Crippen molar-refractivity contribution in [1.29, 1.82) is 0 Å². The highest BCUT2D eigenvalue weighted by Crippen LogP contribution is 2.30. The highest BCUT2D eigenvalue weighted by molar-refractivity contribution is 5.97. The number of H-pyrrole nitrogens is 1. The summed E-state index contributed by atoms with van der Waals surface area (Å²) in [6.45, 7) is 10.2. The van der Waals surface area contributed by atoms with Gasteiger partial charge in [0.15, 0.2) is 5.82 Å². The van der Waals surface area contributed by atoms with Gasteiger partial charge in [-0.3, -0.25) is 9.89 Å². The van der Waals surface area contributed by atoms with E-state index in [9.17, 15) is 4.79 Å². The molecule has 1 aliphatic heterocycles. The van der Waals surface area contributed by atoms with Crippen LogP contribution in [0.3, 0.4) is 0 Å². The lowest BCUT2D eigenvalue weighted by Crippen LogP contribution is -2.25. The number of unbranched alkanes of at least 4 members (excludes halogenated alkanes) is 1. The van der Waals surface area contributed by atoms with Gasteiger partial charge in [0.25, 0.3) is 0 Å². The Morgan fingerprint density at radius 1 is 1.19 bits per heavy atom. The minimum atomic E-state index is 0.0198. The van der Waals surface area contributed by atoms with Gasteiger partial charge in [0.2, 0.25) is 5.91 Å². The Hall–Kier alpha value is -3.48. The Bertz CT molecular complexity index is 1180. The Morgan fingerprint density at radius 3 is 2.67 bits per heavy atom. The second-order valence-corrected chi connectivity index (χ2v) is 9.85. The molecule has 1 aliphatic carbocycles. The van der Waals surface area contributed by atoms with Gasteiger partial charge < -0.3 is 10.2 Å². The van der Waals surface area contributed by atoms with E-state index in [4.69, 9.17) is 4.98 Å². The number of benzene rings is 1. The molecule has 0 bridgehead atoms. The van der Waals surface area contributed by atoms with Crippen molar-refractivity contribution >= 4 is 17.8 Å². The zero-order valence-corrected chi connectivity index (χ0v) is 21.9. The molecule has 1 saturated carbocycles. The van der Waals surface area contributed by atoms with Crippen molar-refractivity contribution in [2.75, 3.05) is 18.0 Å². The van der Waals surface area contributed by atoms with Gasteiger partial charge in [-0.25, -0.2) is 9.97 Å². The van der Waals surface area contributed by atoms with Crippen LogP contribution in [0.1, 0.15) is 75.5 Å². The summed E-state index contributed by atoms with van der Waals surface area (Å²) in [6.07, 6.45) is 13.6. The second-order valence-electron chi connectivity index (χ2n) is 9.85. The number of nitrogens with one attached hydrogen (secondary N) is 2. The van der Waals surface area contributed by atoms with E-state index < -0.39 is 0 Å². The lowest BCUT2D eigenvalue weighted by Gasteiger charge is -2.18. The van der Waals surface area contributed by atoms with Crippen molar-refractivity contribution in [3.63, 3.8) is 0 Å². The quantitative estimate of drug-likeness (QED) is 0.421. The Morgan fingerprint density at radius 2 is 2.00 bits per heavy atom. The van der Waals surface area contributed by atoms with Crippen LogP contribution < -0.4 is 10.2 Å². The van der Waals surface area contributed by atoms with Gasteiger partial charge in [0, 0.05) is 48.6 Å². The Labute approximate surface area is 214 Å². The lowest BCUT2D eigenvalue weighted by molar-refractivity contribution is -0.117. The van der Waals surface area contributed by atoms with Gasteiger partial charge >= 0.3 is 0 Å². The summed E-state index contributed by atoms with van der Waals surface area (Å²) in [4.78, 5) is 23.9. The third-order valence-electron chi connectivity index (χ3n) is 6.81. The number of aromatic amines is 1. The van der Waals surface area contributed by atoms with Crippen molar-refractivity contribution < 1.29 is 4.79 Å². The molecule has 1 aromatic carbocycles. The topological polar surface area (TPSA) is 86.8 Å². The minimum absolute atomic E-state index is 0.0198. The van der Waals surface area contributed by atoms with E-state index >= 15 is 0 Å². The van der Waals surface area contributed by atoms with Gasteiger partial charge in [-0.15, -0.1) is 0 Å². The highest BCUT2D eigenvalue weighted by Gasteiger charge is 2.26. The van der Waals surface area contributed by atoms with E-state index in [1.165, 1.54) is 18.4 Å². The summed E-state index contributed by atoms with van der Waals surface area (Å²) in [5.41, 5.74) is 5.09. The van der Waals surface area contributed by atoms with Gasteiger partial charge in [0.1, 0.15) is 5.82 Å². The average molecular weight is 487 g/mol. The molecule has 0 radical (unpaired) electrons. The van der Waals surface area contributed by atoms with Crippen molar-refractivity contribution in [2.45, 2.75) is 71.8 Å². The summed E-state index contributed by atoms with van der Waals surface area (Å²) in [5, 5.41) is 10.0. The normalized spacial score (nSPS) is 17.5. The zero-order chi connectivity index (χ0) is 25.5. The fourth-order valence-corrected chi connectivity index (χ4v) is 4.19. The molecule has 7 nitrogen and oxygen atoms in total. The summed E-state index contributed by atoms with van der Waals surface area (Å²) in [7, 11) is 0. The van der Waals surface area contributed by atoms with Crippen LogP contribution in [0.5, 0.6) is 0 Å². The molecular weight excluding hydrogens is 448 g/mol. The fraction of sp³-hybridized carbons (Fsp3) is 0.448. The van der Waals surface area contributed by atoms with Crippen molar-refractivity contribution in [3.05, 3.63) is 65.1 Å². The Balaban J connectivity index is 0.000000709. The maximum Gasteiger partial charge on any atom is 0.247 e. The van der Waals surface area contributed by atoms with E-state index in [0.29, 0.717) is 12.0 Å². The summed E-state index contributed by atoms with van der Waals surface area (Å²) in [5.74, 6) is 2.17. The molecule has 2 aliphatic rings. The van der Waals surface area contributed by atoms with Crippen molar-refractivity contribution in [2.24, 2.45) is 0 Å². The van der Waals surface area contributed by atoms with Crippen LogP contribution in [-0.2, 0) is 4.79 Å². The van der Waals surface area contributed by atoms with E-state index in [0.717, 1.165) is 66.3 Å². The molecule has 1 atom stereocenters. The van der Waals surface area contributed by atoms with Gasteiger partial charge in [-0.1, -0.05) is 38.8 Å². The molecule has 1 saturated heterocycles.